The van der Waals surface area contributed by atoms with Crippen molar-refractivity contribution in [2.24, 2.45) is 33.8 Å². The molecule has 81 heavy (non-hydrogen) atoms. The van der Waals surface area contributed by atoms with Crippen LogP contribution in [0.2, 0.25) is 0 Å². The fourth-order valence-corrected chi connectivity index (χ4v) is 7.97. The van der Waals surface area contributed by atoms with Gasteiger partial charge in [-0.1, -0.05) is 44.5 Å². The van der Waals surface area contributed by atoms with Gasteiger partial charge in [0.2, 0.25) is 53.2 Å². The topological polar surface area (TPSA) is 513 Å². The summed E-state index contributed by atoms with van der Waals surface area (Å²) in [4.78, 5) is 147. The molecule has 0 spiro atoms. The number of benzene rings is 2. The number of phenolic OH excluding ortho intramolecular Hbond substituents is 2. The molecule has 11 atom stereocenters. The summed E-state index contributed by atoms with van der Waals surface area (Å²) in [7, 11) is 0. The molecule has 1 fully saturated rings. The lowest BCUT2D eigenvalue weighted by Crippen LogP contribution is -2.61. The van der Waals surface area contributed by atoms with E-state index in [4.69, 9.17) is 32.8 Å². The van der Waals surface area contributed by atoms with Crippen LogP contribution in [0.3, 0.4) is 0 Å². The molecular formula is C51H77N13O17. The summed E-state index contributed by atoms with van der Waals surface area (Å²) >= 11 is 0. The maximum atomic E-state index is 14.2. The summed E-state index contributed by atoms with van der Waals surface area (Å²) in [5.41, 5.74) is 23.1. The number of aliphatic hydroxyl groups excluding tert-OH is 2. The SMILES string of the molecule is CC(=O)O.CC[C@H](C)[C@H](N)C(=O)N[C@@H](Cc1ccc(O)cc1)C(=O)N1CCC[C@H]1C(=O)N[C@H](C(=O)N[C@@H](CC(N)=O)C(=O)NCC(=O)N[C@@H](Cc1ccc(O)cc1)C(=O)N[C@H](C(=O)N[C@@H](CCCN=C(N)N)C(=O)O)[C@@H](C)O)[C@@H](C)O. The van der Waals surface area contributed by atoms with Gasteiger partial charge in [0.25, 0.3) is 5.97 Å². The molecule has 2 aromatic carbocycles. The molecule has 0 radical (unpaired) electrons. The maximum absolute atomic E-state index is 14.2. The Hall–Kier alpha value is -8.64. The van der Waals surface area contributed by atoms with Crippen molar-refractivity contribution < 1.29 is 83.4 Å². The number of hydrogen-bond acceptors (Lipinski definition) is 17. The van der Waals surface area contributed by atoms with Gasteiger partial charge in [-0.05, 0) is 80.8 Å². The van der Waals surface area contributed by atoms with Gasteiger partial charge in [-0.2, -0.15) is 0 Å². The Morgan fingerprint density at radius 1 is 0.667 bits per heavy atom. The highest BCUT2D eigenvalue weighted by Crippen LogP contribution is 2.22. The van der Waals surface area contributed by atoms with E-state index >= 15 is 0 Å². The first kappa shape index (κ1) is 68.5. The first-order valence-electron chi connectivity index (χ1n) is 25.8. The average molecular weight is 1140 g/mol. The number of nitrogens with two attached hydrogens (primary N) is 4. The van der Waals surface area contributed by atoms with E-state index in [1.54, 1.807) is 19.1 Å². The summed E-state index contributed by atoms with van der Waals surface area (Å²) in [6.07, 6.45) is -3.46. The molecule has 0 aliphatic carbocycles. The number of rotatable bonds is 30. The third kappa shape index (κ3) is 24.1. The number of carboxylic acids is 2. The molecule has 1 saturated heterocycles. The normalized spacial score (nSPS) is 16.4. The molecule has 0 bridgehead atoms. The lowest BCUT2D eigenvalue weighted by Gasteiger charge is -2.31. The summed E-state index contributed by atoms with van der Waals surface area (Å²) in [5.74, 6) is -11.7. The predicted octanol–water partition coefficient (Wildman–Crippen LogP) is -4.86. The lowest BCUT2D eigenvalue weighted by atomic mass is 9.98. The maximum Gasteiger partial charge on any atom is 0.326 e. The van der Waals surface area contributed by atoms with E-state index in [9.17, 15) is 73.5 Å². The summed E-state index contributed by atoms with van der Waals surface area (Å²) in [5, 5.41) is 74.5. The molecule has 0 saturated carbocycles. The number of hydrogen-bond donors (Lipinski definition) is 17. The Bertz CT molecular complexity index is 2520. The second kappa shape index (κ2) is 33.7. The summed E-state index contributed by atoms with van der Waals surface area (Å²) < 4.78 is 0. The number of nitrogens with zero attached hydrogens (tertiary/aromatic N) is 2. The molecule has 21 N–H and O–H groups in total. The molecule has 30 nitrogen and oxygen atoms in total. The van der Waals surface area contributed by atoms with Gasteiger partial charge in [-0.15, -0.1) is 0 Å². The van der Waals surface area contributed by atoms with Crippen molar-refractivity contribution in [3.05, 3.63) is 59.7 Å². The van der Waals surface area contributed by atoms with E-state index in [1.165, 1.54) is 41.3 Å². The van der Waals surface area contributed by atoms with Gasteiger partial charge in [0.1, 0.15) is 53.8 Å². The molecule has 3 rings (SSSR count). The third-order valence-electron chi connectivity index (χ3n) is 12.6. The van der Waals surface area contributed by atoms with Gasteiger partial charge in [0.15, 0.2) is 5.96 Å². The minimum absolute atomic E-state index is 0.0324. The van der Waals surface area contributed by atoms with Crippen molar-refractivity contribution in [3.63, 3.8) is 0 Å². The van der Waals surface area contributed by atoms with Crippen molar-refractivity contribution in [1.82, 2.24) is 42.1 Å². The van der Waals surface area contributed by atoms with Crippen molar-refractivity contribution >= 4 is 71.1 Å². The minimum atomic E-state index is -1.82. The second-order valence-corrected chi connectivity index (χ2v) is 19.3. The zero-order chi connectivity index (χ0) is 61.3. The van der Waals surface area contributed by atoms with Crippen LogP contribution in [0.15, 0.2) is 53.5 Å². The Kier molecular flexibility index (Phi) is 28.5. The van der Waals surface area contributed by atoms with Crippen LogP contribution in [0, 0.1) is 5.92 Å². The standard InChI is InChI=1S/C49H73N13O15.C2H4O2/c1-5-24(2)38(51)44(72)59-34(21-28-12-16-30(66)17-13-28)47(75)62-19-7-9-35(62)43(71)61-40(26(4)64)46(74)58-33(22-36(50)67)41(69)55-23-37(68)56-32(20-27-10-14-29(65)15-11-27)42(70)60-39(25(3)63)45(73)57-31(48(76)77)8-6-18-54-49(52)53;1-2(3)4/h10-17,24-26,31-35,38-40,63-66H,5-9,18-23,51H2,1-4H3,(H2,50,67)(H,55,69)(H,56,68)(H,57,73)(H,58,74)(H,59,72)(H,60,70)(H,61,71)(H,76,77)(H4,52,53,54);1H3,(H,3,4)/t24-,25+,26+,31-,32-,33-,34-,35-,38-,39-,40-;/m0./s1. The zero-order valence-corrected chi connectivity index (χ0v) is 45.6. The van der Waals surface area contributed by atoms with Crippen molar-refractivity contribution in [3.8, 4) is 11.5 Å². The first-order chi connectivity index (χ1) is 37.9. The summed E-state index contributed by atoms with van der Waals surface area (Å²) in [6, 6.07) is -0.499. The number of aliphatic hydroxyl groups is 2. The number of phenols is 2. The highest BCUT2D eigenvalue weighted by Gasteiger charge is 2.41. The fourth-order valence-electron chi connectivity index (χ4n) is 7.97. The van der Waals surface area contributed by atoms with E-state index in [0.29, 0.717) is 24.0 Å². The van der Waals surface area contributed by atoms with Gasteiger partial charge in [-0.25, -0.2) is 4.79 Å². The Morgan fingerprint density at radius 3 is 1.64 bits per heavy atom. The minimum Gasteiger partial charge on any atom is -0.508 e. The number of aliphatic imine (C=N–C) groups is 1. The van der Waals surface area contributed by atoms with Crippen molar-refractivity contribution in [2.75, 3.05) is 19.6 Å². The highest BCUT2D eigenvalue weighted by molar-refractivity contribution is 5.99. The van der Waals surface area contributed by atoms with Crippen LogP contribution in [0.4, 0.5) is 0 Å². The molecular weight excluding hydrogens is 1070 g/mol. The van der Waals surface area contributed by atoms with Gasteiger partial charge < -0.3 is 95.7 Å². The molecule has 448 valence electrons. The molecule has 9 amide bonds. The number of primary amides is 1. The smallest absolute Gasteiger partial charge is 0.326 e. The Balaban J connectivity index is 0.00000541. The molecule has 1 aliphatic heterocycles. The van der Waals surface area contributed by atoms with E-state index in [1.807, 2.05) is 6.92 Å². The van der Waals surface area contributed by atoms with Crippen LogP contribution in [0.25, 0.3) is 0 Å². The Morgan fingerprint density at radius 2 is 1.16 bits per heavy atom. The van der Waals surface area contributed by atoms with Crippen LogP contribution in [0.5, 0.6) is 11.5 Å². The molecule has 0 unspecified atom stereocenters. The fraction of sp³-hybridized carbons (Fsp3) is 0.529. The number of carbonyl (C=O) groups excluding carboxylic acids is 9. The van der Waals surface area contributed by atoms with Crippen molar-refractivity contribution in [1.29, 1.82) is 0 Å². The zero-order valence-electron chi connectivity index (χ0n) is 45.6. The van der Waals surface area contributed by atoms with Crippen LogP contribution in [0.1, 0.15) is 84.3 Å². The monoisotopic (exact) mass is 1140 g/mol. The molecule has 1 heterocycles. The van der Waals surface area contributed by atoms with Gasteiger partial charge in [0.05, 0.1) is 31.2 Å². The van der Waals surface area contributed by atoms with E-state index < -0.39 is 139 Å². The number of aliphatic carboxylic acids is 2. The largest absolute Gasteiger partial charge is 0.508 e. The van der Waals surface area contributed by atoms with E-state index in [2.05, 4.69) is 42.2 Å². The number of amides is 9. The lowest BCUT2D eigenvalue weighted by molar-refractivity contribution is -0.143. The number of aromatic hydroxyl groups is 2. The van der Waals surface area contributed by atoms with Gasteiger partial charge >= 0.3 is 5.97 Å². The quantitative estimate of drug-likeness (QED) is 0.0198. The first-order valence-corrected chi connectivity index (χ1v) is 25.8. The molecule has 2 aromatic rings. The molecule has 0 aromatic heterocycles. The van der Waals surface area contributed by atoms with E-state index in [0.717, 1.165) is 20.8 Å². The van der Waals surface area contributed by atoms with Crippen LogP contribution >= 0.6 is 0 Å². The van der Waals surface area contributed by atoms with Gasteiger partial charge in [0, 0.05) is 32.9 Å². The molecule has 30 heteroatoms. The van der Waals surface area contributed by atoms with Crippen molar-refractivity contribution in [2.45, 2.75) is 147 Å². The number of guanidine groups is 1. The number of likely N-dealkylation sites (tertiary alicyclic amines) is 1. The second-order valence-electron chi connectivity index (χ2n) is 19.3. The predicted molar refractivity (Wildman–Crippen MR) is 288 cm³/mol. The highest BCUT2D eigenvalue weighted by atomic mass is 16.4. The summed E-state index contributed by atoms with van der Waals surface area (Å²) in [6.45, 7) is 6.19. The average Bonchev–Trinajstić information content (AvgIpc) is 3.96. The van der Waals surface area contributed by atoms with Crippen LogP contribution in [-0.4, -0.2) is 187 Å². The van der Waals surface area contributed by atoms with Crippen LogP contribution < -0.4 is 60.2 Å². The third-order valence-corrected chi connectivity index (χ3v) is 12.6. The number of carboxylic acid groups (broad SMARTS) is 2. The number of carbonyl (C=O) groups is 11. The Labute approximate surface area is 466 Å². The van der Waals surface area contributed by atoms with E-state index in [-0.39, 0.29) is 68.6 Å². The van der Waals surface area contributed by atoms with Crippen LogP contribution in [-0.2, 0) is 65.6 Å². The number of nitrogens with one attached hydrogen (secondary N) is 7. The molecule has 1 aliphatic rings. The van der Waals surface area contributed by atoms with Gasteiger partial charge in [-0.3, -0.25) is 52.9 Å².